The lowest BCUT2D eigenvalue weighted by Crippen LogP contribution is -2.20. The predicted molar refractivity (Wildman–Crippen MR) is 133 cm³/mol. The number of halogens is 1. The average molecular weight is 500 g/mol. The van der Waals surface area contributed by atoms with Crippen molar-refractivity contribution in [3.05, 3.63) is 97.8 Å². The second-order valence-corrected chi connectivity index (χ2v) is 7.94. The second-order valence-electron chi connectivity index (χ2n) is 7.51. The van der Waals surface area contributed by atoms with Crippen LogP contribution in [0.15, 0.2) is 81.0 Å². The van der Waals surface area contributed by atoms with E-state index in [0.717, 1.165) is 4.68 Å². The third kappa shape index (κ3) is 4.15. The number of furan rings is 1. The molecule has 0 saturated carbocycles. The molecule has 36 heavy (non-hydrogen) atoms. The standard InChI is InChI=1S/C25H14ClN5O5/c26-17-8-9-21-16(12-17)13-22(36-21)24-29-19-6-2-1-5-18(19)25(32)30(24)28-14-15-4-3-7-20(31(33)34)23(15)35-11-10-27/h1-9,12-14H,11H2. The molecule has 0 aliphatic carbocycles. The van der Waals surface area contributed by atoms with Crippen molar-refractivity contribution >= 4 is 45.4 Å². The summed E-state index contributed by atoms with van der Waals surface area (Å²) in [5, 5.41) is 26.2. The lowest BCUT2D eigenvalue weighted by molar-refractivity contribution is -0.385. The Labute approximate surface area is 207 Å². The number of nitriles is 1. The van der Waals surface area contributed by atoms with E-state index in [1.807, 2.05) is 0 Å². The molecular formula is C25H14ClN5O5. The maximum atomic E-state index is 13.4. The minimum atomic E-state index is -0.626. The molecule has 0 spiro atoms. The molecule has 0 fully saturated rings. The summed E-state index contributed by atoms with van der Waals surface area (Å²) in [6.45, 7) is -0.407. The minimum absolute atomic E-state index is 0.118. The number of hydrogen-bond acceptors (Lipinski definition) is 8. The summed E-state index contributed by atoms with van der Waals surface area (Å²) in [6, 6.07) is 19.6. The lowest BCUT2D eigenvalue weighted by atomic mass is 10.2. The molecule has 0 radical (unpaired) electrons. The van der Waals surface area contributed by atoms with E-state index in [4.69, 9.17) is 26.0 Å². The van der Waals surface area contributed by atoms with Crippen molar-refractivity contribution in [2.75, 3.05) is 6.61 Å². The van der Waals surface area contributed by atoms with Crippen LogP contribution in [0.2, 0.25) is 5.02 Å². The van der Waals surface area contributed by atoms with Gasteiger partial charge in [0.05, 0.1) is 22.0 Å². The number of hydrogen-bond donors (Lipinski definition) is 0. The molecule has 0 bridgehead atoms. The van der Waals surface area contributed by atoms with Crippen molar-refractivity contribution in [1.29, 1.82) is 5.26 Å². The zero-order valence-electron chi connectivity index (χ0n) is 18.3. The quantitative estimate of drug-likeness (QED) is 0.179. The van der Waals surface area contributed by atoms with E-state index in [-0.39, 0.29) is 28.6 Å². The first-order chi connectivity index (χ1) is 17.5. The number of rotatable bonds is 6. The van der Waals surface area contributed by atoms with Gasteiger partial charge in [-0.05, 0) is 42.5 Å². The first-order valence-electron chi connectivity index (χ1n) is 10.5. The Balaban J connectivity index is 1.71. The van der Waals surface area contributed by atoms with Crippen molar-refractivity contribution in [3.63, 3.8) is 0 Å². The van der Waals surface area contributed by atoms with Gasteiger partial charge in [-0.25, -0.2) is 4.98 Å². The molecule has 0 aliphatic heterocycles. The average Bonchev–Trinajstić information content (AvgIpc) is 3.30. The van der Waals surface area contributed by atoms with E-state index in [0.29, 0.717) is 26.9 Å². The molecule has 2 aromatic heterocycles. The summed E-state index contributed by atoms with van der Waals surface area (Å²) >= 11 is 6.10. The number of nitrogens with zero attached hydrogens (tertiary/aromatic N) is 5. The number of ether oxygens (including phenoxy) is 1. The Kier molecular flexibility index (Phi) is 5.90. The SMILES string of the molecule is N#CCOc1c(C=Nn2c(-c3cc4cc(Cl)ccc4o3)nc3ccccc3c2=O)cccc1[N+](=O)[O-]. The largest absolute Gasteiger partial charge is 0.471 e. The molecule has 0 amide bonds. The fourth-order valence-corrected chi connectivity index (χ4v) is 3.86. The van der Waals surface area contributed by atoms with Crippen molar-refractivity contribution in [2.45, 2.75) is 0 Å². The first kappa shape index (κ1) is 22.8. The molecule has 3 aromatic carbocycles. The summed E-state index contributed by atoms with van der Waals surface area (Å²) in [4.78, 5) is 28.8. The van der Waals surface area contributed by atoms with Crippen LogP contribution in [0.25, 0.3) is 33.5 Å². The van der Waals surface area contributed by atoms with Crippen LogP contribution < -0.4 is 10.3 Å². The van der Waals surface area contributed by atoms with E-state index >= 15 is 0 Å². The van der Waals surface area contributed by atoms with Gasteiger partial charge in [0.1, 0.15) is 11.7 Å². The molecule has 0 aliphatic rings. The minimum Gasteiger partial charge on any atom is -0.471 e. The topological polar surface area (TPSA) is 137 Å². The van der Waals surface area contributed by atoms with Gasteiger partial charge in [0.25, 0.3) is 5.56 Å². The second kappa shape index (κ2) is 9.32. The van der Waals surface area contributed by atoms with Crippen molar-refractivity contribution in [2.24, 2.45) is 5.10 Å². The molecule has 10 nitrogen and oxygen atoms in total. The molecule has 2 heterocycles. The highest BCUT2D eigenvalue weighted by Gasteiger charge is 2.20. The monoisotopic (exact) mass is 499 g/mol. The van der Waals surface area contributed by atoms with E-state index in [1.165, 1.54) is 24.4 Å². The van der Waals surface area contributed by atoms with Crippen LogP contribution in [0.4, 0.5) is 5.69 Å². The zero-order chi connectivity index (χ0) is 25.2. The van der Waals surface area contributed by atoms with Crippen LogP contribution in [0.1, 0.15) is 5.56 Å². The van der Waals surface area contributed by atoms with Crippen LogP contribution in [-0.4, -0.2) is 27.4 Å². The van der Waals surface area contributed by atoms with Gasteiger partial charge in [0.15, 0.2) is 12.4 Å². The first-order valence-corrected chi connectivity index (χ1v) is 10.9. The number of fused-ring (bicyclic) bond motifs is 2. The van der Waals surface area contributed by atoms with Crippen LogP contribution in [0, 0.1) is 21.4 Å². The van der Waals surface area contributed by atoms with Gasteiger partial charge in [-0.3, -0.25) is 14.9 Å². The Morgan fingerprint density at radius 1 is 1.19 bits per heavy atom. The molecule has 176 valence electrons. The third-order valence-corrected chi connectivity index (χ3v) is 5.50. The summed E-state index contributed by atoms with van der Waals surface area (Å²) in [5.74, 6) is 0.244. The molecular weight excluding hydrogens is 486 g/mol. The lowest BCUT2D eigenvalue weighted by Gasteiger charge is -2.08. The van der Waals surface area contributed by atoms with Crippen LogP contribution in [0.5, 0.6) is 5.75 Å². The number of nitro benzene ring substituents is 1. The zero-order valence-corrected chi connectivity index (χ0v) is 19.0. The molecule has 0 unspecified atom stereocenters. The Bertz CT molecular complexity index is 1780. The number of nitro groups is 1. The summed E-state index contributed by atoms with van der Waals surface area (Å²) in [5.41, 5.74) is 0.360. The number of aromatic nitrogens is 2. The molecule has 0 atom stereocenters. The van der Waals surface area contributed by atoms with Gasteiger partial charge < -0.3 is 9.15 Å². The van der Waals surface area contributed by atoms with E-state index in [2.05, 4.69) is 10.1 Å². The van der Waals surface area contributed by atoms with E-state index in [1.54, 1.807) is 54.6 Å². The predicted octanol–water partition coefficient (Wildman–Crippen LogP) is 5.16. The summed E-state index contributed by atoms with van der Waals surface area (Å²) in [6.07, 6.45) is 1.24. The van der Waals surface area contributed by atoms with E-state index in [9.17, 15) is 14.9 Å². The molecule has 0 saturated heterocycles. The van der Waals surface area contributed by atoms with E-state index < -0.39 is 17.1 Å². The Hall–Kier alpha value is -5.01. The Morgan fingerprint density at radius 2 is 2.03 bits per heavy atom. The van der Waals surface area contributed by atoms with Crippen molar-refractivity contribution in [3.8, 4) is 23.4 Å². The maximum Gasteiger partial charge on any atom is 0.311 e. The van der Waals surface area contributed by atoms with Crippen LogP contribution >= 0.6 is 11.6 Å². The van der Waals surface area contributed by atoms with Gasteiger partial charge in [-0.1, -0.05) is 29.8 Å². The van der Waals surface area contributed by atoms with Gasteiger partial charge in [0, 0.05) is 22.0 Å². The fraction of sp³-hybridized carbons (Fsp3) is 0.0400. The molecule has 5 aromatic rings. The number of para-hydroxylation sites is 2. The molecule has 5 rings (SSSR count). The number of benzene rings is 3. The summed E-state index contributed by atoms with van der Waals surface area (Å²) < 4.78 is 12.3. The van der Waals surface area contributed by atoms with Gasteiger partial charge in [0.2, 0.25) is 11.6 Å². The highest BCUT2D eigenvalue weighted by molar-refractivity contribution is 6.31. The maximum absolute atomic E-state index is 13.4. The highest BCUT2D eigenvalue weighted by Crippen LogP contribution is 2.31. The van der Waals surface area contributed by atoms with Gasteiger partial charge in [-0.15, -0.1) is 0 Å². The van der Waals surface area contributed by atoms with Crippen molar-refractivity contribution < 1.29 is 14.1 Å². The van der Waals surface area contributed by atoms with Crippen LogP contribution in [-0.2, 0) is 0 Å². The third-order valence-electron chi connectivity index (χ3n) is 5.27. The molecule has 0 N–H and O–H groups in total. The smallest absolute Gasteiger partial charge is 0.311 e. The Morgan fingerprint density at radius 3 is 2.83 bits per heavy atom. The van der Waals surface area contributed by atoms with Crippen LogP contribution in [0.3, 0.4) is 0 Å². The normalized spacial score (nSPS) is 11.2. The summed E-state index contributed by atoms with van der Waals surface area (Å²) in [7, 11) is 0. The van der Waals surface area contributed by atoms with Gasteiger partial charge in [-0.2, -0.15) is 15.0 Å². The fourth-order valence-electron chi connectivity index (χ4n) is 3.68. The van der Waals surface area contributed by atoms with Gasteiger partial charge >= 0.3 is 5.69 Å². The highest BCUT2D eigenvalue weighted by atomic mass is 35.5. The van der Waals surface area contributed by atoms with Crippen molar-refractivity contribution in [1.82, 2.24) is 9.66 Å². The molecule has 11 heteroatoms.